The zero-order valence-electron chi connectivity index (χ0n) is 39.4. The lowest BCUT2D eigenvalue weighted by Crippen LogP contribution is -2.31. The van der Waals surface area contributed by atoms with Gasteiger partial charge in [-0.05, 0) is 65.2 Å². The van der Waals surface area contributed by atoms with Crippen molar-refractivity contribution in [2.45, 2.75) is 72.3 Å². The SMILES string of the molecule is [2H]C(C)(C)c1cc[n+](C)c(-c2c(C)ccc3c2oc2c4c(ccc23)C(CC([2H])(C([2H])([2H])[2H])C([2H])([2H])[2H])(C([2H])([2H])C([2H])(C([2H])([2H])[2H])C([2H])([2H])[2H])c2ccccc2-4)c1. The maximum absolute atomic E-state index is 9.73. The fourth-order valence-corrected chi connectivity index (χ4v) is 6.14. The first kappa shape index (κ1) is 12.9. The topological polar surface area (TPSA) is 17.0 Å². The third-order valence-electron chi connectivity index (χ3n) is 7.90. The molecule has 0 saturated heterocycles. The van der Waals surface area contributed by atoms with Crippen LogP contribution in [0.2, 0.25) is 0 Å². The number of fused-ring (bicyclic) bond motifs is 7. The zero-order valence-corrected chi connectivity index (χ0v) is 22.4. The Hall–Kier alpha value is -3.39. The number of pyridine rings is 1. The zero-order chi connectivity index (χ0) is 42.2. The largest absolute Gasteiger partial charge is 0.454 e. The summed E-state index contributed by atoms with van der Waals surface area (Å²) in [5.41, 5.74) is 0.453. The third-order valence-corrected chi connectivity index (χ3v) is 7.90. The molecule has 0 bridgehead atoms. The molecule has 1 unspecified atom stereocenters. The van der Waals surface area contributed by atoms with Crippen LogP contribution in [0.3, 0.4) is 0 Å². The Labute approximate surface area is 257 Å². The summed E-state index contributed by atoms with van der Waals surface area (Å²) in [7, 11) is 1.84. The van der Waals surface area contributed by atoms with Crippen LogP contribution in [0.5, 0.6) is 0 Å². The molecule has 2 nitrogen and oxygen atoms in total. The van der Waals surface area contributed by atoms with Gasteiger partial charge in [-0.3, -0.25) is 0 Å². The molecule has 39 heavy (non-hydrogen) atoms. The van der Waals surface area contributed by atoms with Crippen LogP contribution >= 0.6 is 0 Å². The van der Waals surface area contributed by atoms with E-state index in [1.54, 1.807) is 19.9 Å². The molecule has 5 aromatic rings. The van der Waals surface area contributed by atoms with Crippen molar-refractivity contribution < 1.29 is 32.3 Å². The van der Waals surface area contributed by atoms with Crippen molar-refractivity contribution in [2.24, 2.45) is 18.8 Å². The molecule has 3 aromatic carbocycles. The lowest BCUT2D eigenvalue weighted by molar-refractivity contribution is -0.660. The fraction of sp³-hybridized carbons (Fsp3) is 0.378. The Kier molecular flexibility index (Phi) is 3.09. The van der Waals surface area contributed by atoms with Gasteiger partial charge in [-0.2, -0.15) is 0 Å². The first-order chi connectivity index (χ1) is 25.3. The molecule has 0 spiro atoms. The monoisotopic (exact) mass is 533 g/mol. The molecule has 0 aliphatic heterocycles. The molecule has 1 aliphatic carbocycles. The molecule has 1 aliphatic rings. The minimum Gasteiger partial charge on any atom is -0.454 e. The Balaban J connectivity index is 1.83. The Morgan fingerprint density at radius 1 is 0.897 bits per heavy atom. The van der Waals surface area contributed by atoms with E-state index < -0.39 is 63.3 Å². The summed E-state index contributed by atoms with van der Waals surface area (Å²) in [6, 6.07) is 16.2. The van der Waals surface area contributed by atoms with E-state index in [9.17, 15) is 5.48 Å². The highest BCUT2D eigenvalue weighted by molar-refractivity contribution is 6.14. The minimum absolute atomic E-state index is 0.115. The van der Waals surface area contributed by atoms with Gasteiger partial charge in [-0.25, -0.2) is 4.57 Å². The molecule has 2 aromatic heterocycles. The number of nitrogens with zero attached hydrogens (tertiary/aromatic N) is 1. The molecule has 0 amide bonds. The number of hydrogen-bond acceptors (Lipinski definition) is 1. The molecule has 0 radical (unpaired) electrons. The van der Waals surface area contributed by atoms with Gasteiger partial charge in [0.05, 0.1) is 5.56 Å². The van der Waals surface area contributed by atoms with Gasteiger partial charge in [0.25, 0.3) is 0 Å². The van der Waals surface area contributed by atoms with Gasteiger partial charge in [0.15, 0.2) is 6.20 Å². The molecule has 0 fully saturated rings. The smallest absolute Gasteiger partial charge is 0.216 e. The molecule has 6 rings (SSSR count). The number of aromatic nitrogens is 1. The maximum atomic E-state index is 9.73. The van der Waals surface area contributed by atoms with Crippen LogP contribution < -0.4 is 4.57 Å². The van der Waals surface area contributed by atoms with Crippen molar-refractivity contribution in [3.63, 3.8) is 0 Å². The summed E-state index contributed by atoms with van der Waals surface area (Å²) in [5.74, 6) is -8.45. The van der Waals surface area contributed by atoms with Crippen LogP contribution in [0.15, 0.2) is 71.3 Å². The van der Waals surface area contributed by atoms with Gasteiger partial charge < -0.3 is 4.42 Å². The molecule has 200 valence electrons. The molecule has 0 N–H and O–H groups in total. The molecule has 2 heteroatoms. The summed E-state index contributed by atoms with van der Waals surface area (Å²) in [6.45, 7) is -9.64. The third kappa shape index (κ3) is 3.94. The quantitative estimate of drug-likeness (QED) is 0.198. The predicted octanol–water partition coefficient (Wildman–Crippen LogP) is 9.87. The Morgan fingerprint density at radius 2 is 1.62 bits per heavy atom. The molecule has 0 saturated carbocycles. The predicted molar refractivity (Wildman–Crippen MR) is 164 cm³/mol. The van der Waals surface area contributed by atoms with Crippen LogP contribution in [0.1, 0.15) is 105 Å². The number of hydrogen-bond donors (Lipinski definition) is 0. The molecular formula is C37H42NO+. The fourth-order valence-electron chi connectivity index (χ4n) is 6.14. The van der Waals surface area contributed by atoms with Crippen molar-refractivity contribution in [1.82, 2.24) is 0 Å². The highest BCUT2D eigenvalue weighted by Crippen LogP contribution is 2.57. The van der Waals surface area contributed by atoms with Crippen LogP contribution in [0.4, 0.5) is 0 Å². The molecule has 2 heterocycles. The summed E-state index contributed by atoms with van der Waals surface area (Å²) in [4.78, 5) is 0. The van der Waals surface area contributed by atoms with Crippen molar-refractivity contribution >= 4 is 21.9 Å². The second kappa shape index (κ2) is 9.37. The average molecular weight is 534 g/mol. The van der Waals surface area contributed by atoms with E-state index in [2.05, 4.69) is 0 Å². The number of rotatable bonds is 6. The second-order valence-electron chi connectivity index (χ2n) is 10.6. The standard InChI is InChI=1S/C37H42NO/c1-22(2)20-37(21-23(3)4)30-12-10-9-11-29(30)34-31(37)16-15-28-27-14-13-25(7)33(35(27)39-36(28)34)32-19-26(24(5)6)17-18-38(32)8/h9-19,22-24H,20-21H2,1-8H3/q+1/i1D3,2D3,3D3,4D3,20D2,22D,23D,24D. The average Bonchev–Trinajstić information content (AvgIpc) is 3.56. The van der Waals surface area contributed by atoms with Gasteiger partial charge >= 0.3 is 0 Å². The number of furan rings is 1. The van der Waals surface area contributed by atoms with Crippen molar-refractivity contribution in [1.29, 1.82) is 0 Å². The summed E-state index contributed by atoms with van der Waals surface area (Å²) in [5, 5.41) is 1.11. The van der Waals surface area contributed by atoms with E-state index in [0.29, 0.717) is 27.6 Å². The van der Waals surface area contributed by atoms with E-state index in [-0.39, 0.29) is 27.8 Å². The van der Waals surface area contributed by atoms with Crippen molar-refractivity contribution in [3.05, 3.63) is 89.1 Å². The highest BCUT2D eigenvalue weighted by atomic mass is 16.3. The Morgan fingerprint density at radius 3 is 2.36 bits per heavy atom. The van der Waals surface area contributed by atoms with Crippen LogP contribution in [0.25, 0.3) is 44.3 Å². The van der Waals surface area contributed by atoms with Crippen molar-refractivity contribution in [2.75, 3.05) is 0 Å². The summed E-state index contributed by atoms with van der Waals surface area (Å²) < 4.78 is 155. The van der Waals surface area contributed by atoms with E-state index in [4.69, 9.17) is 22.2 Å². The molecule has 1 atom stereocenters. The van der Waals surface area contributed by atoms with E-state index in [1.807, 2.05) is 49.0 Å². The Bertz CT molecular complexity index is 2350. The van der Waals surface area contributed by atoms with Gasteiger partial charge in [-0.1, -0.05) is 89.8 Å². The lowest BCUT2D eigenvalue weighted by atomic mass is 9.68. The maximum Gasteiger partial charge on any atom is 0.216 e. The molecular weight excluding hydrogens is 474 g/mol. The number of benzene rings is 3. The van der Waals surface area contributed by atoms with Crippen LogP contribution in [-0.2, 0) is 12.5 Å². The second-order valence-corrected chi connectivity index (χ2v) is 10.6. The first-order valence-electron chi connectivity index (χ1n) is 21.4. The van der Waals surface area contributed by atoms with E-state index in [1.165, 1.54) is 30.3 Å². The number of aryl methyl sites for hydroxylation is 2. The highest BCUT2D eigenvalue weighted by Gasteiger charge is 2.45. The minimum atomic E-state index is -4.00. The van der Waals surface area contributed by atoms with Gasteiger partial charge in [0, 0.05) is 57.2 Å². The first-order valence-corrected chi connectivity index (χ1v) is 12.9. The van der Waals surface area contributed by atoms with Crippen LogP contribution in [0, 0.1) is 18.7 Å². The summed E-state index contributed by atoms with van der Waals surface area (Å²) in [6.07, 6.45) is -3.45. The summed E-state index contributed by atoms with van der Waals surface area (Å²) >= 11 is 0. The normalized spacial score (nSPS) is 25.6. The van der Waals surface area contributed by atoms with E-state index >= 15 is 0 Å². The van der Waals surface area contributed by atoms with Crippen LogP contribution in [-0.4, -0.2) is 0 Å². The van der Waals surface area contributed by atoms with Crippen molar-refractivity contribution in [3.8, 4) is 22.4 Å². The van der Waals surface area contributed by atoms with E-state index in [0.717, 1.165) is 11.1 Å². The van der Waals surface area contributed by atoms with Gasteiger partial charge in [0.2, 0.25) is 5.69 Å². The lowest BCUT2D eigenvalue weighted by Gasteiger charge is -2.35. The van der Waals surface area contributed by atoms with Gasteiger partial charge in [-0.15, -0.1) is 0 Å². The van der Waals surface area contributed by atoms with Gasteiger partial charge in [0.1, 0.15) is 18.2 Å².